The highest BCUT2D eigenvalue weighted by molar-refractivity contribution is 6.30. The second kappa shape index (κ2) is 6.51. The van der Waals surface area contributed by atoms with Gasteiger partial charge in [0.1, 0.15) is 0 Å². The fourth-order valence-corrected chi connectivity index (χ4v) is 3.12. The van der Waals surface area contributed by atoms with Crippen LogP contribution >= 0.6 is 11.6 Å². The van der Waals surface area contributed by atoms with E-state index in [1.54, 1.807) is 0 Å². The van der Waals surface area contributed by atoms with Gasteiger partial charge in [0.05, 0.1) is 5.92 Å². The number of fused-ring (bicyclic) bond motifs is 1. The summed E-state index contributed by atoms with van der Waals surface area (Å²) in [4.78, 5) is 14.7. The van der Waals surface area contributed by atoms with E-state index in [0.717, 1.165) is 17.5 Å². The van der Waals surface area contributed by atoms with E-state index in [1.165, 1.54) is 5.56 Å². The SMILES string of the molecule is NCCN(Cc1ccccc1)C(=O)[C@@H]1Cc2ccc(Cl)cc21. The number of carbonyl (C=O) groups excluding carboxylic acids is 1. The van der Waals surface area contributed by atoms with E-state index < -0.39 is 0 Å². The van der Waals surface area contributed by atoms with E-state index in [4.69, 9.17) is 17.3 Å². The first-order chi connectivity index (χ1) is 10.7. The molecular formula is C18H19ClN2O. The van der Waals surface area contributed by atoms with Gasteiger partial charge in [-0.25, -0.2) is 0 Å². The van der Waals surface area contributed by atoms with Crippen LogP contribution in [-0.2, 0) is 17.8 Å². The van der Waals surface area contributed by atoms with E-state index in [9.17, 15) is 4.79 Å². The molecule has 0 spiro atoms. The maximum absolute atomic E-state index is 12.8. The summed E-state index contributed by atoms with van der Waals surface area (Å²) in [5, 5.41) is 0.685. The van der Waals surface area contributed by atoms with Crippen molar-refractivity contribution in [3.63, 3.8) is 0 Å². The highest BCUT2D eigenvalue weighted by atomic mass is 35.5. The molecule has 3 rings (SSSR count). The van der Waals surface area contributed by atoms with Crippen molar-refractivity contribution < 1.29 is 4.79 Å². The Labute approximate surface area is 135 Å². The number of rotatable bonds is 5. The molecular weight excluding hydrogens is 296 g/mol. The van der Waals surface area contributed by atoms with Crippen molar-refractivity contribution in [3.05, 3.63) is 70.2 Å². The topological polar surface area (TPSA) is 46.3 Å². The molecule has 4 heteroatoms. The molecule has 0 saturated heterocycles. The predicted molar refractivity (Wildman–Crippen MR) is 88.8 cm³/mol. The Balaban J connectivity index is 1.76. The third-order valence-electron chi connectivity index (χ3n) is 4.13. The molecule has 0 unspecified atom stereocenters. The van der Waals surface area contributed by atoms with Crippen molar-refractivity contribution in [1.29, 1.82) is 0 Å². The summed E-state index contributed by atoms with van der Waals surface area (Å²) >= 11 is 6.05. The zero-order valence-electron chi connectivity index (χ0n) is 12.3. The van der Waals surface area contributed by atoms with Crippen LogP contribution in [0.4, 0.5) is 0 Å². The van der Waals surface area contributed by atoms with Gasteiger partial charge in [-0.3, -0.25) is 4.79 Å². The average molecular weight is 315 g/mol. The quantitative estimate of drug-likeness (QED) is 0.922. The van der Waals surface area contributed by atoms with Gasteiger partial charge in [-0.2, -0.15) is 0 Å². The number of hydrogen-bond acceptors (Lipinski definition) is 2. The minimum absolute atomic E-state index is 0.0797. The molecule has 0 bridgehead atoms. The van der Waals surface area contributed by atoms with Crippen molar-refractivity contribution in [2.75, 3.05) is 13.1 Å². The predicted octanol–water partition coefficient (Wildman–Crippen LogP) is 2.97. The van der Waals surface area contributed by atoms with E-state index >= 15 is 0 Å². The summed E-state index contributed by atoms with van der Waals surface area (Å²) in [5.74, 6) is 0.0630. The van der Waals surface area contributed by atoms with Gasteiger partial charge in [-0.1, -0.05) is 48.0 Å². The third-order valence-corrected chi connectivity index (χ3v) is 4.37. The van der Waals surface area contributed by atoms with Crippen molar-refractivity contribution in [2.24, 2.45) is 5.73 Å². The number of hydrogen-bond donors (Lipinski definition) is 1. The molecule has 2 N–H and O–H groups in total. The molecule has 2 aromatic carbocycles. The highest BCUT2D eigenvalue weighted by Gasteiger charge is 2.34. The summed E-state index contributed by atoms with van der Waals surface area (Å²) in [6.07, 6.45) is 0.793. The zero-order valence-corrected chi connectivity index (χ0v) is 13.1. The summed E-state index contributed by atoms with van der Waals surface area (Å²) in [6, 6.07) is 15.8. The Bertz CT molecular complexity index is 672. The van der Waals surface area contributed by atoms with Gasteiger partial charge in [0.25, 0.3) is 0 Å². The fourth-order valence-electron chi connectivity index (χ4n) is 2.94. The molecule has 1 aliphatic rings. The summed E-state index contributed by atoms with van der Waals surface area (Å²) in [5.41, 5.74) is 9.08. The molecule has 0 heterocycles. The number of amides is 1. The Hall–Kier alpha value is -1.84. The van der Waals surface area contributed by atoms with E-state index in [0.29, 0.717) is 24.7 Å². The molecule has 22 heavy (non-hydrogen) atoms. The summed E-state index contributed by atoms with van der Waals surface area (Å²) < 4.78 is 0. The Morgan fingerprint density at radius 3 is 2.73 bits per heavy atom. The van der Waals surface area contributed by atoms with Gasteiger partial charge < -0.3 is 10.6 Å². The standard InChI is InChI=1S/C18H19ClN2O/c19-15-7-6-14-10-17(16(14)11-15)18(22)21(9-8-20)12-13-4-2-1-3-5-13/h1-7,11,17H,8-10,12,20H2/t17-/m1/s1. The van der Waals surface area contributed by atoms with Gasteiger partial charge in [0.2, 0.25) is 5.91 Å². The minimum atomic E-state index is -0.0797. The number of benzene rings is 2. The molecule has 0 radical (unpaired) electrons. The van der Waals surface area contributed by atoms with Crippen LogP contribution < -0.4 is 5.73 Å². The first-order valence-corrected chi connectivity index (χ1v) is 7.88. The van der Waals surface area contributed by atoms with E-state index in [-0.39, 0.29) is 11.8 Å². The van der Waals surface area contributed by atoms with Crippen molar-refractivity contribution in [3.8, 4) is 0 Å². The monoisotopic (exact) mass is 314 g/mol. The van der Waals surface area contributed by atoms with Gasteiger partial charge in [-0.15, -0.1) is 0 Å². The van der Waals surface area contributed by atoms with Crippen LogP contribution in [0.1, 0.15) is 22.6 Å². The molecule has 0 aliphatic heterocycles. The van der Waals surface area contributed by atoms with Crippen LogP contribution in [0.3, 0.4) is 0 Å². The van der Waals surface area contributed by atoms with Crippen LogP contribution in [-0.4, -0.2) is 23.9 Å². The summed E-state index contributed by atoms with van der Waals surface area (Å²) in [6.45, 7) is 1.64. The van der Waals surface area contributed by atoms with Crippen LogP contribution in [0.5, 0.6) is 0 Å². The second-order valence-corrected chi connectivity index (χ2v) is 6.07. The lowest BCUT2D eigenvalue weighted by Gasteiger charge is -2.34. The van der Waals surface area contributed by atoms with Crippen LogP contribution in [0.2, 0.25) is 5.02 Å². The Kier molecular flexibility index (Phi) is 4.46. The van der Waals surface area contributed by atoms with Crippen LogP contribution in [0.15, 0.2) is 48.5 Å². The van der Waals surface area contributed by atoms with Gasteiger partial charge in [0.15, 0.2) is 0 Å². The first kappa shape index (κ1) is 15.1. The molecule has 3 nitrogen and oxygen atoms in total. The Morgan fingerprint density at radius 2 is 2.00 bits per heavy atom. The van der Waals surface area contributed by atoms with Gasteiger partial charge >= 0.3 is 0 Å². The van der Waals surface area contributed by atoms with E-state index in [1.807, 2.05) is 53.4 Å². The van der Waals surface area contributed by atoms with E-state index in [2.05, 4.69) is 0 Å². The van der Waals surface area contributed by atoms with Crippen LogP contribution in [0, 0.1) is 0 Å². The first-order valence-electron chi connectivity index (χ1n) is 7.50. The lowest BCUT2D eigenvalue weighted by atomic mass is 9.76. The molecule has 114 valence electrons. The normalized spacial score (nSPS) is 15.8. The summed E-state index contributed by atoms with van der Waals surface area (Å²) in [7, 11) is 0. The molecule has 0 saturated carbocycles. The van der Waals surface area contributed by atoms with Gasteiger partial charge in [-0.05, 0) is 35.2 Å². The smallest absolute Gasteiger partial charge is 0.230 e. The largest absolute Gasteiger partial charge is 0.337 e. The van der Waals surface area contributed by atoms with Crippen molar-refractivity contribution >= 4 is 17.5 Å². The highest BCUT2D eigenvalue weighted by Crippen LogP contribution is 2.38. The minimum Gasteiger partial charge on any atom is -0.337 e. The van der Waals surface area contributed by atoms with Crippen molar-refractivity contribution in [1.82, 2.24) is 4.90 Å². The fraction of sp³-hybridized carbons (Fsp3) is 0.278. The molecule has 0 fully saturated rings. The molecule has 1 aliphatic carbocycles. The number of halogens is 1. The Morgan fingerprint density at radius 1 is 1.23 bits per heavy atom. The molecule has 2 aromatic rings. The lowest BCUT2D eigenvalue weighted by molar-refractivity contribution is -0.133. The average Bonchev–Trinajstić information content (AvgIpc) is 2.51. The second-order valence-electron chi connectivity index (χ2n) is 5.63. The zero-order chi connectivity index (χ0) is 15.5. The van der Waals surface area contributed by atoms with Crippen LogP contribution in [0.25, 0.3) is 0 Å². The third kappa shape index (κ3) is 3.01. The molecule has 1 atom stereocenters. The molecule has 0 aromatic heterocycles. The number of nitrogens with zero attached hydrogens (tertiary/aromatic N) is 1. The lowest BCUT2D eigenvalue weighted by Crippen LogP contribution is -2.41. The maximum Gasteiger partial charge on any atom is 0.230 e. The van der Waals surface area contributed by atoms with Crippen molar-refractivity contribution in [2.45, 2.75) is 18.9 Å². The maximum atomic E-state index is 12.8. The van der Waals surface area contributed by atoms with Gasteiger partial charge in [0, 0.05) is 24.7 Å². The number of nitrogens with two attached hydrogens (primary N) is 1. The molecule has 1 amide bonds. The number of carbonyl (C=O) groups is 1.